The molecule has 0 radical (unpaired) electrons. The first-order valence-electron chi connectivity index (χ1n) is 8.32. The molecule has 128 valence electrons. The number of aliphatic hydroxyl groups excluding tert-OH is 1. The molecule has 0 spiro atoms. The Balaban J connectivity index is 1.79. The summed E-state index contributed by atoms with van der Waals surface area (Å²) in [6, 6.07) is 6.49. The number of benzene rings is 1. The largest absolute Gasteiger partial charge is 0.396 e. The molecule has 1 aromatic carbocycles. The number of urea groups is 1. The van der Waals surface area contributed by atoms with E-state index in [0.29, 0.717) is 12.5 Å². The zero-order valence-electron chi connectivity index (χ0n) is 13.9. The van der Waals surface area contributed by atoms with Crippen LogP contribution in [0.5, 0.6) is 0 Å². The summed E-state index contributed by atoms with van der Waals surface area (Å²) in [7, 11) is 0. The van der Waals surface area contributed by atoms with E-state index in [0.717, 1.165) is 31.2 Å². The highest BCUT2D eigenvalue weighted by atomic mass is 19.1. The maximum absolute atomic E-state index is 13.3. The molecular weight excluding hydrogens is 295 g/mol. The third-order valence-electron chi connectivity index (χ3n) is 4.74. The van der Waals surface area contributed by atoms with E-state index in [4.69, 9.17) is 5.11 Å². The average Bonchev–Trinajstić information content (AvgIpc) is 2.54. The second-order valence-corrected chi connectivity index (χ2v) is 7.12. The van der Waals surface area contributed by atoms with E-state index in [1.54, 1.807) is 6.07 Å². The first-order chi connectivity index (χ1) is 10.9. The van der Waals surface area contributed by atoms with Gasteiger partial charge >= 0.3 is 6.03 Å². The Morgan fingerprint density at radius 1 is 1.30 bits per heavy atom. The molecule has 1 aliphatic rings. The van der Waals surface area contributed by atoms with Gasteiger partial charge in [0, 0.05) is 24.6 Å². The zero-order chi connectivity index (χ0) is 16.9. The molecule has 0 aromatic heterocycles. The highest BCUT2D eigenvalue weighted by Crippen LogP contribution is 2.24. The Kier molecular flexibility index (Phi) is 5.99. The average molecular weight is 322 g/mol. The third kappa shape index (κ3) is 5.20. The minimum atomic E-state index is -0.339. The fourth-order valence-electron chi connectivity index (χ4n) is 3.04. The van der Waals surface area contributed by atoms with E-state index in [9.17, 15) is 9.18 Å². The van der Waals surface area contributed by atoms with Crippen molar-refractivity contribution in [3.63, 3.8) is 0 Å². The molecular formula is C18H27FN2O2. The number of carbonyl (C=O) groups is 1. The first-order valence-corrected chi connectivity index (χ1v) is 8.32. The summed E-state index contributed by atoms with van der Waals surface area (Å²) in [5.74, 6) is 0.115. The van der Waals surface area contributed by atoms with Crippen LogP contribution in [0.4, 0.5) is 9.18 Å². The zero-order valence-corrected chi connectivity index (χ0v) is 13.9. The molecule has 1 saturated carbocycles. The van der Waals surface area contributed by atoms with Crippen LogP contribution in [-0.2, 0) is 5.41 Å². The van der Waals surface area contributed by atoms with Gasteiger partial charge in [0.25, 0.3) is 0 Å². The molecule has 1 aromatic rings. The van der Waals surface area contributed by atoms with Crippen molar-refractivity contribution in [1.82, 2.24) is 10.6 Å². The van der Waals surface area contributed by atoms with Crippen LogP contribution in [0.25, 0.3) is 0 Å². The van der Waals surface area contributed by atoms with Gasteiger partial charge in [-0.15, -0.1) is 0 Å². The van der Waals surface area contributed by atoms with Gasteiger partial charge < -0.3 is 15.7 Å². The topological polar surface area (TPSA) is 61.4 Å². The van der Waals surface area contributed by atoms with Crippen molar-refractivity contribution in [1.29, 1.82) is 0 Å². The van der Waals surface area contributed by atoms with Crippen LogP contribution >= 0.6 is 0 Å². The van der Waals surface area contributed by atoms with Crippen molar-refractivity contribution in [2.45, 2.75) is 51.0 Å². The first kappa shape index (κ1) is 17.7. The quantitative estimate of drug-likeness (QED) is 0.780. The fourth-order valence-corrected chi connectivity index (χ4v) is 3.04. The lowest BCUT2D eigenvalue weighted by molar-refractivity contribution is 0.174. The Morgan fingerprint density at radius 3 is 2.61 bits per heavy atom. The van der Waals surface area contributed by atoms with Gasteiger partial charge in [0.2, 0.25) is 0 Å². The number of aliphatic hydroxyl groups is 1. The number of rotatable bonds is 5. The summed E-state index contributed by atoms with van der Waals surface area (Å²) >= 11 is 0. The molecule has 1 aliphatic carbocycles. The van der Waals surface area contributed by atoms with Gasteiger partial charge in [-0.2, -0.15) is 0 Å². The van der Waals surface area contributed by atoms with Gasteiger partial charge in [-0.3, -0.25) is 0 Å². The summed E-state index contributed by atoms with van der Waals surface area (Å²) in [6.07, 6.45) is 3.73. The van der Waals surface area contributed by atoms with Crippen molar-refractivity contribution in [3.8, 4) is 0 Å². The molecule has 0 atom stereocenters. The van der Waals surface area contributed by atoms with Crippen LogP contribution in [0, 0.1) is 11.7 Å². The van der Waals surface area contributed by atoms with Crippen LogP contribution in [0.3, 0.4) is 0 Å². The molecule has 23 heavy (non-hydrogen) atoms. The molecule has 2 amide bonds. The highest BCUT2D eigenvalue weighted by Gasteiger charge is 2.24. The van der Waals surface area contributed by atoms with E-state index < -0.39 is 0 Å². The maximum atomic E-state index is 13.3. The number of amides is 2. The lowest BCUT2D eigenvalue weighted by Gasteiger charge is -2.29. The molecule has 0 unspecified atom stereocenters. The summed E-state index contributed by atoms with van der Waals surface area (Å²) in [5, 5.41) is 15.0. The van der Waals surface area contributed by atoms with E-state index in [2.05, 4.69) is 10.6 Å². The highest BCUT2D eigenvalue weighted by molar-refractivity contribution is 5.74. The number of nitrogens with one attached hydrogen (secondary N) is 2. The molecule has 3 N–H and O–H groups in total. The normalized spacial score (nSPS) is 21.7. The van der Waals surface area contributed by atoms with Gasteiger partial charge in [-0.05, 0) is 49.3 Å². The summed E-state index contributed by atoms with van der Waals surface area (Å²) in [5.41, 5.74) is 0.523. The van der Waals surface area contributed by atoms with Crippen LogP contribution < -0.4 is 10.6 Å². The van der Waals surface area contributed by atoms with E-state index in [1.807, 2.05) is 19.9 Å². The molecule has 5 heteroatoms. The lowest BCUT2D eigenvalue weighted by Crippen LogP contribution is -2.47. The van der Waals surface area contributed by atoms with Crippen molar-refractivity contribution < 1.29 is 14.3 Å². The standard InChI is InChI=1S/C18H27FN2O2/c1-18(2,14-4-3-5-15(19)10-14)12-20-17(23)21-16-8-6-13(11-22)7-9-16/h3-5,10,13,16,22H,6-9,11-12H2,1-2H3,(H2,20,21,23). The van der Waals surface area contributed by atoms with Gasteiger partial charge in [-0.25, -0.2) is 9.18 Å². The molecule has 1 fully saturated rings. The second-order valence-electron chi connectivity index (χ2n) is 7.12. The van der Waals surface area contributed by atoms with Crippen LogP contribution in [-0.4, -0.2) is 30.3 Å². The Morgan fingerprint density at radius 2 is 2.00 bits per heavy atom. The number of halogens is 1. The van der Waals surface area contributed by atoms with E-state index in [-0.39, 0.29) is 29.9 Å². The Labute approximate surface area is 137 Å². The molecule has 0 heterocycles. The fraction of sp³-hybridized carbons (Fsp3) is 0.611. The van der Waals surface area contributed by atoms with Crippen LogP contribution in [0.15, 0.2) is 24.3 Å². The second kappa shape index (κ2) is 7.77. The Bertz CT molecular complexity index is 526. The monoisotopic (exact) mass is 322 g/mol. The Hall–Kier alpha value is -1.62. The van der Waals surface area contributed by atoms with Crippen molar-refractivity contribution in [2.24, 2.45) is 5.92 Å². The molecule has 0 bridgehead atoms. The molecule has 4 nitrogen and oxygen atoms in total. The SMILES string of the molecule is CC(C)(CNC(=O)NC1CCC(CO)CC1)c1cccc(F)c1. The third-order valence-corrected chi connectivity index (χ3v) is 4.74. The van der Waals surface area contributed by atoms with E-state index in [1.165, 1.54) is 12.1 Å². The summed E-state index contributed by atoms with van der Waals surface area (Å²) in [4.78, 5) is 12.1. The molecule has 2 rings (SSSR count). The minimum absolute atomic E-state index is 0.176. The minimum Gasteiger partial charge on any atom is -0.396 e. The van der Waals surface area contributed by atoms with Gasteiger partial charge in [0.05, 0.1) is 0 Å². The van der Waals surface area contributed by atoms with Gasteiger partial charge in [0.15, 0.2) is 0 Å². The molecule has 0 saturated heterocycles. The number of hydrogen-bond acceptors (Lipinski definition) is 2. The van der Waals surface area contributed by atoms with Crippen molar-refractivity contribution >= 4 is 6.03 Å². The van der Waals surface area contributed by atoms with Gasteiger partial charge in [0.1, 0.15) is 5.82 Å². The van der Waals surface area contributed by atoms with Crippen molar-refractivity contribution in [2.75, 3.05) is 13.2 Å². The van der Waals surface area contributed by atoms with Gasteiger partial charge in [-0.1, -0.05) is 26.0 Å². The predicted octanol–water partition coefficient (Wildman–Crippen LogP) is 2.95. The van der Waals surface area contributed by atoms with Crippen molar-refractivity contribution in [3.05, 3.63) is 35.6 Å². The molecule has 0 aliphatic heterocycles. The van der Waals surface area contributed by atoms with Crippen LogP contribution in [0.2, 0.25) is 0 Å². The van der Waals surface area contributed by atoms with E-state index >= 15 is 0 Å². The predicted molar refractivity (Wildman–Crippen MR) is 88.8 cm³/mol. The number of hydrogen-bond donors (Lipinski definition) is 3. The maximum Gasteiger partial charge on any atom is 0.315 e. The van der Waals surface area contributed by atoms with Crippen LogP contribution in [0.1, 0.15) is 45.1 Å². The number of carbonyl (C=O) groups excluding carboxylic acids is 1. The summed E-state index contributed by atoms with van der Waals surface area (Å²) in [6.45, 7) is 4.64. The summed E-state index contributed by atoms with van der Waals surface area (Å²) < 4.78 is 13.3. The lowest BCUT2D eigenvalue weighted by atomic mass is 9.84. The smallest absolute Gasteiger partial charge is 0.315 e.